The molecule has 0 saturated heterocycles. The van der Waals surface area contributed by atoms with Crippen molar-refractivity contribution in [2.45, 2.75) is 13.5 Å². The molecule has 0 bridgehead atoms. The summed E-state index contributed by atoms with van der Waals surface area (Å²) in [5.41, 5.74) is 2.49. The lowest BCUT2D eigenvalue weighted by Gasteiger charge is -2.01. The van der Waals surface area contributed by atoms with Gasteiger partial charge in [-0.15, -0.1) is 0 Å². The first-order valence-electron chi connectivity index (χ1n) is 5.41. The number of aliphatic hydroxyl groups excluding tert-OH is 1. The number of halogens is 1. The fourth-order valence-electron chi connectivity index (χ4n) is 1.89. The molecule has 4 nitrogen and oxygen atoms in total. The Labute approximate surface area is 116 Å². The highest BCUT2D eigenvalue weighted by Gasteiger charge is 2.16. The highest BCUT2D eigenvalue weighted by Crippen LogP contribution is 2.28. The Morgan fingerprint density at radius 1 is 1.44 bits per heavy atom. The first kappa shape index (κ1) is 11.8. The molecule has 2 heterocycles. The summed E-state index contributed by atoms with van der Waals surface area (Å²) in [7, 11) is 0. The molecule has 0 aliphatic rings. The molecule has 0 radical (unpaired) electrons. The molecule has 0 aliphatic carbocycles. The predicted octanol–water partition coefficient (Wildman–Crippen LogP) is 3.02. The summed E-state index contributed by atoms with van der Waals surface area (Å²) in [6.07, 6.45) is 0. The second kappa shape index (κ2) is 4.46. The van der Waals surface area contributed by atoms with E-state index in [0.717, 1.165) is 31.4 Å². The van der Waals surface area contributed by atoms with E-state index in [2.05, 4.69) is 26.0 Å². The molecular weight excluding hydrogens is 314 g/mol. The van der Waals surface area contributed by atoms with Crippen molar-refractivity contribution in [2.75, 3.05) is 0 Å². The maximum absolute atomic E-state index is 9.54. The van der Waals surface area contributed by atoms with Crippen LogP contribution in [0.4, 0.5) is 0 Å². The molecule has 0 unspecified atom stereocenters. The van der Waals surface area contributed by atoms with Crippen molar-refractivity contribution in [3.8, 4) is 11.3 Å². The van der Waals surface area contributed by atoms with Gasteiger partial charge in [0.2, 0.25) is 4.96 Å². The maximum Gasteiger partial charge on any atom is 0.213 e. The minimum absolute atomic E-state index is 0.0772. The van der Waals surface area contributed by atoms with Crippen LogP contribution < -0.4 is 0 Å². The Kier molecular flexibility index (Phi) is 2.93. The van der Waals surface area contributed by atoms with Gasteiger partial charge in [0.1, 0.15) is 5.01 Å². The van der Waals surface area contributed by atoms with E-state index in [1.54, 1.807) is 4.52 Å². The number of fused-ring (bicyclic) bond motifs is 1. The largest absolute Gasteiger partial charge is 0.390 e. The number of benzene rings is 1. The standard InChI is InChI=1S/C12H10BrN3OS/c1-7-15-16-10(6-17)11(14-12(16)18-7)8-3-2-4-9(13)5-8/h2-5,17H,6H2,1H3. The van der Waals surface area contributed by atoms with Gasteiger partial charge in [-0.2, -0.15) is 5.10 Å². The van der Waals surface area contributed by atoms with Gasteiger partial charge in [0, 0.05) is 10.0 Å². The van der Waals surface area contributed by atoms with Crippen LogP contribution in [0.15, 0.2) is 28.7 Å². The van der Waals surface area contributed by atoms with Crippen molar-refractivity contribution in [1.82, 2.24) is 14.6 Å². The van der Waals surface area contributed by atoms with Crippen LogP contribution in [-0.2, 0) is 6.61 Å². The van der Waals surface area contributed by atoms with Crippen molar-refractivity contribution in [1.29, 1.82) is 0 Å². The number of aryl methyl sites for hydroxylation is 1. The third-order valence-corrected chi connectivity index (χ3v) is 3.96. The zero-order valence-electron chi connectivity index (χ0n) is 9.59. The lowest BCUT2D eigenvalue weighted by Crippen LogP contribution is -1.95. The molecule has 0 fully saturated rings. The third kappa shape index (κ3) is 1.86. The average molecular weight is 324 g/mol. The molecule has 1 N–H and O–H groups in total. The fourth-order valence-corrected chi connectivity index (χ4v) is 3.05. The van der Waals surface area contributed by atoms with E-state index in [1.807, 2.05) is 31.2 Å². The van der Waals surface area contributed by atoms with Crippen molar-refractivity contribution < 1.29 is 5.11 Å². The minimum atomic E-state index is -0.0772. The van der Waals surface area contributed by atoms with E-state index in [4.69, 9.17) is 0 Å². The molecular formula is C12H10BrN3OS. The summed E-state index contributed by atoms with van der Waals surface area (Å²) in [6, 6.07) is 7.87. The summed E-state index contributed by atoms with van der Waals surface area (Å²) in [5.74, 6) is 0. The molecule has 0 atom stereocenters. The van der Waals surface area contributed by atoms with Crippen LogP contribution in [0.3, 0.4) is 0 Å². The van der Waals surface area contributed by atoms with Gasteiger partial charge in [0.25, 0.3) is 0 Å². The molecule has 6 heteroatoms. The summed E-state index contributed by atoms with van der Waals surface area (Å²) in [4.78, 5) is 5.37. The average Bonchev–Trinajstić information content (AvgIpc) is 2.84. The highest BCUT2D eigenvalue weighted by atomic mass is 79.9. The zero-order chi connectivity index (χ0) is 12.7. The van der Waals surface area contributed by atoms with Gasteiger partial charge >= 0.3 is 0 Å². The molecule has 0 spiro atoms. The zero-order valence-corrected chi connectivity index (χ0v) is 12.0. The molecule has 18 heavy (non-hydrogen) atoms. The van der Waals surface area contributed by atoms with E-state index in [-0.39, 0.29) is 6.61 Å². The van der Waals surface area contributed by atoms with Crippen molar-refractivity contribution in [2.24, 2.45) is 0 Å². The smallest absolute Gasteiger partial charge is 0.213 e. The lowest BCUT2D eigenvalue weighted by molar-refractivity contribution is 0.275. The van der Waals surface area contributed by atoms with Crippen LogP contribution in [0.25, 0.3) is 16.2 Å². The SMILES string of the molecule is Cc1nn2c(CO)c(-c3cccc(Br)c3)nc2s1. The Hall–Kier alpha value is -1.24. The summed E-state index contributed by atoms with van der Waals surface area (Å²) in [6.45, 7) is 1.85. The molecule has 92 valence electrons. The minimum Gasteiger partial charge on any atom is -0.390 e. The highest BCUT2D eigenvalue weighted by molar-refractivity contribution is 9.10. The monoisotopic (exact) mass is 323 g/mol. The second-order valence-corrected chi connectivity index (χ2v) is 5.97. The third-order valence-electron chi connectivity index (χ3n) is 2.65. The Bertz CT molecular complexity index is 719. The quantitative estimate of drug-likeness (QED) is 0.788. The summed E-state index contributed by atoms with van der Waals surface area (Å²) < 4.78 is 2.71. The Morgan fingerprint density at radius 2 is 2.28 bits per heavy atom. The van der Waals surface area contributed by atoms with Crippen LogP contribution in [-0.4, -0.2) is 19.7 Å². The molecule has 0 aliphatic heterocycles. The second-order valence-electron chi connectivity index (χ2n) is 3.89. The van der Waals surface area contributed by atoms with Gasteiger partial charge in [-0.05, 0) is 19.1 Å². The van der Waals surface area contributed by atoms with E-state index >= 15 is 0 Å². The van der Waals surface area contributed by atoms with Crippen LogP contribution >= 0.6 is 27.3 Å². The van der Waals surface area contributed by atoms with Gasteiger partial charge in [-0.3, -0.25) is 0 Å². The van der Waals surface area contributed by atoms with Crippen LogP contribution in [0.2, 0.25) is 0 Å². The fraction of sp³-hybridized carbons (Fsp3) is 0.167. The maximum atomic E-state index is 9.54. The topological polar surface area (TPSA) is 50.4 Å². The number of aliphatic hydroxyl groups is 1. The van der Waals surface area contributed by atoms with Gasteiger partial charge < -0.3 is 5.11 Å². The number of nitrogens with zero attached hydrogens (tertiary/aromatic N) is 3. The number of hydrogen-bond acceptors (Lipinski definition) is 4. The molecule has 2 aromatic heterocycles. The van der Waals surface area contributed by atoms with Crippen LogP contribution in [0, 0.1) is 6.92 Å². The first-order valence-corrected chi connectivity index (χ1v) is 7.02. The summed E-state index contributed by atoms with van der Waals surface area (Å²) >= 11 is 4.96. The Balaban J connectivity index is 2.25. The molecule has 3 aromatic rings. The van der Waals surface area contributed by atoms with E-state index in [0.29, 0.717) is 0 Å². The van der Waals surface area contributed by atoms with Crippen LogP contribution in [0.5, 0.6) is 0 Å². The summed E-state index contributed by atoms with van der Waals surface area (Å²) in [5, 5.41) is 14.8. The lowest BCUT2D eigenvalue weighted by atomic mass is 10.1. The normalized spacial score (nSPS) is 11.3. The van der Waals surface area contributed by atoms with E-state index < -0.39 is 0 Å². The van der Waals surface area contributed by atoms with E-state index in [1.165, 1.54) is 11.3 Å². The van der Waals surface area contributed by atoms with Gasteiger partial charge in [0.05, 0.1) is 18.0 Å². The van der Waals surface area contributed by atoms with Crippen molar-refractivity contribution in [3.05, 3.63) is 39.4 Å². The molecule has 0 saturated carbocycles. The number of imidazole rings is 1. The van der Waals surface area contributed by atoms with Crippen molar-refractivity contribution in [3.63, 3.8) is 0 Å². The van der Waals surface area contributed by atoms with Gasteiger partial charge in [-0.25, -0.2) is 9.50 Å². The number of rotatable bonds is 2. The Morgan fingerprint density at radius 3 is 3.00 bits per heavy atom. The number of aromatic nitrogens is 3. The molecule has 1 aromatic carbocycles. The molecule has 3 rings (SSSR count). The molecule has 0 amide bonds. The van der Waals surface area contributed by atoms with E-state index in [9.17, 15) is 5.11 Å². The first-order chi connectivity index (χ1) is 8.69. The number of hydrogen-bond donors (Lipinski definition) is 1. The van der Waals surface area contributed by atoms with Crippen molar-refractivity contribution >= 4 is 32.2 Å². The van der Waals surface area contributed by atoms with Crippen LogP contribution in [0.1, 0.15) is 10.7 Å². The van der Waals surface area contributed by atoms with Gasteiger partial charge in [-0.1, -0.05) is 39.4 Å². The predicted molar refractivity (Wildman–Crippen MR) is 74.7 cm³/mol. The van der Waals surface area contributed by atoms with Gasteiger partial charge in [0.15, 0.2) is 0 Å².